The summed E-state index contributed by atoms with van der Waals surface area (Å²) in [4.78, 5) is 13.3. The van der Waals surface area contributed by atoms with E-state index < -0.39 is 18.0 Å². The summed E-state index contributed by atoms with van der Waals surface area (Å²) >= 11 is 5.77. The lowest BCUT2D eigenvalue weighted by molar-refractivity contribution is -0.192. The van der Waals surface area contributed by atoms with Gasteiger partial charge in [-0.2, -0.15) is 13.2 Å². The first kappa shape index (κ1) is 22.8. The number of carboxylic acid groups (broad SMARTS) is 1. The summed E-state index contributed by atoms with van der Waals surface area (Å²) in [6.07, 6.45) is 2.65. The molecule has 166 valence electrons. The van der Waals surface area contributed by atoms with Crippen molar-refractivity contribution in [3.05, 3.63) is 65.3 Å². The van der Waals surface area contributed by atoms with Gasteiger partial charge in [0.2, 0.25) is 0 Å². The lowest BCUT2D eigenvalue weighted by atomic mass is 9.89. The highest BCUT2D eigenvalue weighted by atomic mass is 35.5. The molecule has 0 radical (unpaired) electrons. The van der Waals surface area contributed by atoms with Gasteiger partial charge in [0.05, 0.1) is 5.02 Å². The smallest absolute Gasteiger partial charge is 0.490 e. The molecule has 0 saturated heterocycles. The second-order valence-electron chi connectivity index (χ2n) is 6.86. The van der Waals surface area contributed by atoms with Crippen molar-refractivity contribution in [2.24, 2.45) is 0 Å². The van der Waals surface area contributed by atoms with Crippen molar-refractivity contribution >= 4 is 23.2 Å². The zero-order valence-electron chi connectivity index (χ0n) is 15.9. The Bertz CT molecular complexity index is 1050. The maximum absolute atomic E-state index is 13.1. The van der Waals surface area contributed by atoms with Crippen LogP contribution < -0.4 is 10.1 Å². The van der Waals surface area contributed by atoms with Crippen LogP contribution in [0.4, 0.5) is 17.6 Å². The molecule has 2 N–H and O–H groups in total. The number of carbonyl (C=O) groups is 1. The maximum atomic E-state index is 13.1. The Hall–Kier alpha value is -2.85. The summed E-state index contributed by atoms with van der Waals surface area (Å²) in [5.74, 6) is -2.56. The molecule has 11 heteroatoms. The number of carboxylic acids is 1. The lowest BCUT2D eigenvalue weighted by Gasteiger charge is -2.36. The third-order valence-corrected chi connectivity index (χ3v) is 4.90. The van der Waals surface area contributed by atoms with Crippen LogP contribution in [0, 0.1) is 5.82 Å². The minimum Gasteiger partial charge on any atom is -0.490 e. The topological polar surface area (TPSA) is 75.9 Å². The van der Waals surface area contributed by atoms with Gasteiger partial charge in [-0.25, -0.2) is 14.2 Å². The molecule has 2 heterocycles. The molecule has 4 rings (SSSR count). The average Bonchev–Trinajstić information content (AvgIpc) is 3.15. The largest absolute Gasteiger partial charge is 0.490 e. The van der Waals surface area contributed by atoms with Gasteiger partial charge < -0.3 is 19.6 Å². The van der Waals surface area contributed by atoms with Crippen LogP contribution in [0.5, 0.6) is 5.75 Å². The Morgan fingerprint density at radius 1 is 1.29 bits per heavy atom. The van der Waals surface area contributed by atoms with Crippen molar-refractivity contribution in [2.45, 2.75) is 37.7 Å². The number of hydrogen-bond acceptors (Lipinski definition) is 4. The van der Waals surface area contributed by atoms with E-state index in [0.29, 0.717) is 11.8 Å². The summed E-state index contributed by atoms with van der Waals surface area (Å²) in [6.45, 7) is 0.779. The molecule has 2 aromatic heterocycles. The number of fused-ring (bicyclic) bond motifs is 1. The summed E-state index contributed by atoms with van der Waals surface area (Å²) in [5.41, 5.74) is 2.16. The van der Waals surface area contributed by atoms with Crippen molar-refractivity contribution in [2.75, 3.05) is 0 Å². The third kappa shape index (κ3) is 6.08. The minimum atomic E-state index is -5.08. The lowest BCUT2D eigenvalue weighted by Crippen LogP contribution is -2.46. The number of ether oxygens (including phenoxy) is 1. The van der Waals surface area contributed by atoms with Crippen LogP contribution in [0.3, 0.4) is 0 Å². The highest BCUT2D eigenvalue weighted by Gasteiger charge is 2.38. The fraction of sp³-hybridized carbons (Fsp3) is 0.300. The predicted molar refractivity (Wildman–Crippen MR) is 105 cm³/mol. The van der Waals surface area contributed by atoms with E-state index >= 15 is 0 Å². The van der Waals surface area contributed by atoms with Crippen LogP contribution in [-0.4, -0.2) is 38.8 Å². The number of benzene rings is 1. The number of rotatable bonds is 5. The summed E-state index contributed by atoms with van der Waals surface area (Å²) < 4.78 is 52.7. The second kappa shape index (κ2) is 9.52. The number of nitrogens with one attached hydrogen (secondary N) is 1. The van der Waals surface area contributed by atoms with Gasteiger partial charge in [0.15, 0.2) is 0 Å². The van der Waals surface area contributed by atoms with Crippen molar-refractivity contribution in [3.8, 4) is 5.75 Å². The first-order chi connectivity index (χ1) is 14.6. The molecular formula is C20H18ClF4N3O3. The Morgan fingerprint density at radius 2 is 2.00 bits per heavy atom. The van der Waals surface area contributed by atoms with Gasteiger partial charge in [-0.3, -0.25) is 0 Å². The molecule has 0 aliphatic heterocycles. The van der Waals surface area contributed by atoms with Crippen LogP contribution in [0.15, 0.2) is 48.9 Å². The molecule has 0 spiro atoms. The van der Waals surface area contributed by atoms with Crippen LogP contribution in [0.25, 0.3) is 5.65 Å². The molecule has 0 atom stereocenters. The quantitative estimate of drug-likeness (QED) is 0.551. The zero-order chi connectivity index (χ0) is 22.6. The monoisotopic (exact) mass is 459 g/mol. The van der Waals surface area contributed by atoms with Crippen LogP contribution in [0.1, 0.15) is 18.4 Å². The Kier molecular flexibility index (Phi) is 7.01. The number of alkyl halides is 3. The normalized spacial score (nSPS) is 18.1. The van der Waals surface area contributed by atoms with Gasteiger partial charge in [0.1, 0.15) is 23.3 Å². The summed E-state index contributed by atoms with van der Waals surface area (Å²) in [5, 5.41) is 10.8. The molecule has 3 aromatic rings. The number of nitrogens with zero attached hydrogens (tertiary/aromatic N) is 2. The van der Waals surface area contributed by atoms with E-state index in [1.807, 2.05) is 22.9 Å². The van der Waals surface area contributed by atoms with Crippen LogP contribution in [0.2, 0.25) is 5.02 Å². The SMILES string of the molecule is Fc1ccc(O[C@H]2C[C@H](NCc3cccn4ccnc34)C2)cc1Cl.O=C(O)C(F)(F)F. The first-order valence-electron chi connectivity index (χ1n) is 9.19. The number of imidazole rings is 1. The van der Waals surface area contributed by atoms with Crippen molar-refractivity contribution in [1.82, 2.24) is 14.7 Å². The van der Waals surface area contributed by atoms with E-state index in [0.717, 1.165) is 25.0 Å². The molecule has 31 heavy (non-hydrogen) atoms. The minimum absolute atomic E-state index is 0.0919. The zero-order valence-corrected chi connectivity index (χ0v) is 16.7. The van der Waals surface area contributed by atoms with Gasteiger partial charge >= 0.3 is 12.1 Å². The molecule has 0 bridgehead atoms. The second-order valence-corrected chi connectivity index (χ2v) is 7.27. The molecule has 1 aliphatic carbocycles. The van der Waals surface area contributed by atoms with Crippen molar-refractivity contribution < 1.29 is 32.2 Å². The van der Waals surface area contributed by atoms with E-state index in [1.165, 1.54) is 17.7 Å². The van der Waals surface area contributed by atoms with E-state index in [1.54, 1.807) is 12.3 Å². The molecule has 0 amide bonds. The predicted octanol–water partition coefficient (Wildman–Crippen LogP) is 4.46. The Morgan fingerprint density at radius 3 is 2.65 bits per heavy atom. The van der Waals surface area contributed by atoms with Gasteiger partial charge in [0.25, 0.3) is 0 Å². The van der Waals surface area contributed by atoms with Gasteiger partial charge in [-0.1, -0.05) is 17.7 Å². The molecule has 6 nitrogen and oxygen atoms in total. The fourth-order valence-corrected chi connectivity index (χ4v) is 3.14. The molecule has 1 aromatic carbocycles. The molecule has 1 fully saturated rings. The van der Waals surface area contributed by atoms with Crippen molar-refractivity contribution in [3.63, 3.8) is 0 Å². The van der Waals surface area contributed by atoms with Crippen molar-refractivity contribution in [1.29, 1.82) is 0 Å². The number of pyridine rings is 1. The third-order valence-electron chi connectivity index (χ3n) is 4.61. The van der Waals surface area contributed by atoms with Crippen LogP contribution >= 0.6 is 11.6 Å². The number of halogens is 5. The van der Waals surface area contributed by atoms with E-state index in [2.05, 4.69) is 16.4 Å². The summed E-state index contributed by atoms with van der Waals surface area (Å²) in [6, 6.07) is 9.00. The van der Waals surface area contributed by atoms with Crippen LogP contribution in [-0.2, 0) is 11.3 Å². The van der Waals surface area contributed by atoms with E-state index in [-0.39, 0.29) is 11.1 Å². The fourth-order valence-electron chi connectivity index (χ4n) is 2.97. The highest BCUT2D eigenvalue weighted by Crippen LogP contribution is 2.28. The Balaban J connectivity index is 0.000000339. The van der Waals surface area contributed by atoms with Gasteiger partial charge in [-0.15, -0.1) is 0 Å². The molecule has 1 aliphatic rings. The summed E-state index contributed by atoms with van der Waals surface area (Å²) in [7, 11) is 0. The Labute approximate surface area is 179 Å². The van der Waals surface area contributed by atoms with Gasteiger partial charge in [-0.05, 0) is 31.0 Å². The number of aliphatic carboxylic acids is 1. The highest BCUT2D eigenvalue weighted by molar-refractivity contribution is 6.30. The number of aromatic nitrogens is 2. The van der Waals surface area contributed by atoms with Gasteiger partial charge in [0, 0.05) is 42.8 Å². The number of hydrogen-bond donors (Lipinski definition) is 2. The van der Waals surface area contributed by atoms with E-state index in [4.69, 9.17) is 26.2 Å². The molecule has 1 saturated carbocycles. The average molecular weight is 460 g/mol. The first-order valence-corrected chi connectivity index (χ1v) is 9.57. The molecule has 0 unspecified atom stereocenters. The standard InChI is InChI=1S/C18H17ClFN3O.C2HF3O2/c19-16-10-14(3-4-17(16)20)24-15-8-13(9-15)22-11-12-2-1-6-23-7-5-21-18(12)23;3-2(4,5)1(6)7/h1-7,10,13,15,22H,8-9,11H2;(H,6,7)/t13-,15-;. The van der Waals surface area contributed by atoms with E-state index in [9.17, 15) is 17.6 Å². The molecular weight excluding hydrogens is 442 g/mol. The maximum Gasteiger partial charge on any atom is 0.490 e.